The molecule has 3 nitrogen and oxygen atoms in total. The average Bonchev–Trinajstić information content (AvgIpc) is 2.87. The van der Waals surface area contributed by atoms with Gasteiger partial charge in [-0.1, -0.05) is 36.4 Å². The van der Waals surface area contributed by atoms with Crippen LogP contribution in [0.2, 0.25) is 0 Å². The molecule has 0 aliphatic carbocycles. The van der Waals surface area contributed by atoms with Crippen LogP contribution in [0, 0.1) is 30.2 Å². The van der Waals surface area contributed by atoms with Gasteiger partial charge in [-0.25, -0.2) is 22.4 Å². The van der Waals surface area contributed by atoms with Crippen LogP contribution in [0.15, 0.2) is 83.8 Å². The molecule has 4 rings (SSSR count). The van der Waals surface area contributed by atoms with Crippen LogP contribution in [0.25, 0.3) is 11.1 Å². The Morgan fingerprint density at radius 3 is 2.03 bits per heavy atom. The van der Waals surface area contributed by atoms with E-state index < -0.39 is 30.0 Å². The van der Waals surface area contributed by atoms with E-state index in [1.807, 2.05) is 30.3 Å². The minimum Gasteiger partial charge on any atom is -0.482 e. The molecule has 1 N–H and O–H groups in total. The highest BCUT2D eigenvalue weighted by molar-refractivity contribution is 7.99. The average molecular weight is 527 g/mol. The van der Waals surface area contributed by atoms with Gasteiger partial charge in [0.05, 0.1) is 0 Å². The van der Waals surface area contributed by atoms with Gasteiger partial charge in [0.25, 0.3) is 0 Å². The van der Waals surface area contributed by atoms with Gasteiger partial charge in [-0.15, -0.1) is 11.8 Å². The highest BCUT2D eigenvalue weighted by atomic mass is 32.2. The Hall–Kier alpha value is -3.78. The minimum atomic E-state index is -1.51. The van der Waals surface area contributed by atoms with Gasteiger partial charge in [-0.05, 0) is 83.6 Å². The summed E-state index contributed by atoms with van der Waals surface area (Å²) >= 11 is 1.44. The second-order valence-corrected chi connectivity index (χ2v) is 9.70. The highest BCUT2D eigenvalue weighted by Crippen LogP contribution is 2.40. The van der Waals surface area contributed by atoms with E-state index >= 15 is 0 Å². The summed E-state index contributed by atoms with van der Waals surface area (Å²) in [6.07, 6.45) is 0.213. The number of hydrogen-bond donors (Lipinski definition) is 1. The van der Waals surface area contributed by atoms with Crippen LogP contribution in [0.3, 0.4) is 0 Å². The number of carboxylic acids is 1. The summed E-state index contributed by atoms with van der Waals surface area (Å²) in [5, 5.41) is 8.55. The third-order valence-corrected chi connectivity index (χ3v) is 6.95. The predicted molar refractivity (Wildman–Crippen MR) is 135 cm³/mol. The largest absolute Gasteiger partial charge is 0.482 e. The molecule has 190 valence electrons. The Kier molecular flexibility index (Phi) is 8.18. The fraction of sp³-hybridized carbons (Fsp3) is 0.138. The fourth-order valence-corrected chi connectivity index (χ4v) is 5.15. The van der Waals surface area contributed by atoms with Crippen LogP contribution >= 0.6 is 11.8 Å². The normalized spacial score (nSPS) is 11.8. The number of carbonyl (C=O) groups is 1. The Balaban J connectivity index is 1.63. The van der Waals surface area contributed by atoms with Gasteiger partial charge >= 0.3 is 5.97 Å². The van der Waals surface area contributed by atoms with Crippen LogP contribution in [-0.4, -0.2) is 17.7 Å². The van der Waals surface area contributed by atoms with Gasteiger partial charge in [-0.2, -0.15) is 0 Å². The van der Waals surface area contributed by atoms with E-state index in [0.717, 1.165) is 39.3 Å². The number of benzene rings is 4. The summed E-state index contributed by atoms with van der Waals surface area (Å²) in [7, 11) is 0. The van der Waals surface area contributed by atoms with E-state index in [0.29, 0.717) is 11.3 Å². The summed E-state index contributed by atoms with van der Waals surface area (Å²) in [6.45, 7) is 1.33. The topological polar surface area (TPSA) is 46.5 Å². The zero-order valence-corrected chi connectivity index (χ0v) is 20.5. The van der Waals surface area contributed by atoms with Crippen LogP contribution in [-0.2, 0) is 11.2 Å². The van der Waals surface area contributed by atoms with Crippen molar-refractivity contribution in [2.24, 2.45) is 0 Å². The summed E-state index contributed by atoms with van der Waals surface area (Å²) in [6, 6.07) is 21.0. The molecule has 0 aliphatic heterocycles. The number of ether oxygens (including phenoxy) is 1. The lowest BCUT2D eigenvalue weighted by Gasteiger charge is -2.19. The molecular formula is C29H22F4O3S. The van der Waals surface area contributed by atoms with Crippen molar-refractivity contribution >= 4 is 17.7 Å². The van der Waals surface area contributed by atoms with Crippen LogP contribution in [0.1, 0.15) is 21.9 Å². The van der Waals surface area contributed by atoms with Gasteiger partial charge in [0.2, 0.25) is 0 Å². The molecular weight excluding hydrogens is 504 g/mol. The third kappa shape index (κ3) is 6.71. The molecule has 0 saturated carbocycles. The molecule has 37 heavy (non-hydrogen) atoms. The number of rotatable bonds is 9. The zero-order chi connectivity index (χ0) is 26.5. The molecule has 4 aromatic rings. The standard InChI is InChI=1S/C29H22F4O3S/c1-17-12-23(10-11-26(17)36-16-28(34)35)37-27(15-18-13-24(31)29(33)25(32)14-18)21-4-2-19(3-5-21)20-6-8-22(30)9-7-20/h2-14,27H,15-16H2,1H3,(H,34,35). The van der Waals surface area contributed by atoms with Crippen molar-refractivity contribution in [2.45, 2.75) is 23.5 Å². The smallest absolute Gasteiger partial charge is 0.341 e. The van der Waals surface area contributed by atoms with Gasteiger partial charge < -0.3 is 9.84 Å². The fourth-order valence-electron chi connectivity index (χ4n) is 3.86. The molecule has 0 fully saturated rings. The van der Waals surface area contributed by atoms with Gasteiger partial charge in [-0.3, -0.25) is 0 Å². The SMILES string of the molecule is Cc1cc(SC(Cc2cc(F)c(F)c(F)c2)c2ccc(-c3ccc(F)cc3)cc2)ccc1OCC(=O)O. The number of thioether (sulfide) groups is 1. The van der Waals surface area contributed by atoms with Gasteiger partial charge in [0, 0.05) is 10.1 Å². The Labute approximate surface area is 215 Å². The molecule has 4 aromatic carbocycles. The molecule has 0 bridgehead atoms. The molecule has 0 radical (unpaired) electrons. The summed E-state index contributed by atoms with van der Waals surface area (Å²) < 4.78 is 59.9. The van der Waals surface area contributed by atoms with E-state index in [9.17, 15) is 22.4 Å². The van der Waals surface area contributed by atoms with E-state index in [2.05, 4.69) is 0 Å². The Morgan fingerprint density at radius 2 is 1.46 bits per heavy atom. The summed E-state index contributed by atoms with van der Waals surface area (Å²) in [5.74, 6) is -4.98. The lowest BCUT2D eigenvalue weighted by molar-refractivity contribution is -0.139. The second kappa shape index (κ2) is 11.5. The molecule has 0 heterocycles. The maximum Gasteiger partial charge on any atom is 0.341 e. The molecule has 1 unspecified atom stereocenters. The molecule has 0 saturated heterocycles. The van der Waals surface area contributed by atoms with Crippen LogP contribution in [0.4, 0.5) is 17.6 Å². The number of halogens is 4. The van der Waals surface area contributed by atoms with Crippen LogP contribution in [0.5, 0.6) is 5.75 Å². The predicted octanol–water partition coefficient (Wildman–Crippen LogP) is 7.76. The van der Waals surface area contributed by atoms with Crippen molar-refractivity contribution in [2.75, 3.05) is 6.61 Å². The second-order valence-electron chi connectivity index (χ2n) is 8.42. The van der Waals surface area contributed by atoms with Crippen molar-refractivity contribution in [3.63, 3.8) is 0 Å². The van der Waals surface area contributed by atoms with Gasteiger partial charge in [0.15, 0.2) is 24.1 Å². The molecule has 1 atom stereocenters. The van der Waals surface area contributed by atoms with Gasteiger partial charge in [0.1, 0.15) is 11.6 Å². The quantitative estimate of drug-likeness (QED) is 0.138. The first kappa shape index (κ1) is 26.3. The van der Waals surface area contributed by atoms with Crippen molar-refractivity contribution < 1.29 is 32.2 Å². The summed E-state index contributed by atoms with van der Waals surface area (Å²) in [4.78, 5) is 11.6. The molecule has 0 aromatic heterocycles. The van der Waals surface area contributed by atoms with Crippen molar-refractivity contribution in [1.82, 2.24) is 0 Å². The van der Waals surface area contributed by atoms with Crippen molar-refractivity contribution in [3.05, 3.63) is 119 Å². The van der Waals surface area contributed by atoms with E-state index in [1.165, 1.54) is 23.9 Å². The lowest BCUT2D eigenvalue weighted by Crippen LogP contribution is -2.10. The zero-order valence-electron chi connectivity index (χ0n) is 19.7. The van der Waals surface area contributed by atoms with Crippen molar-refractivity contribution in [3.8, 4) is 16.9 Å². The van der Waals surface area contributed by atoms with Crippen molar-refractivity contribution in [1.29, 1.82) is 0 Å². The first-order chi connectivity index (χ1) is 17.7. The molecule has 8 heteroatoms. The monoisotopic (exact) mass is 526 g/mol. The first-order valence-electron chi connectivity index (χ1n) is 11.3. The van der Waals surface area contributed by atoms with E-state index in [1.54, 1.807) is 31.2 Å². The molecule has 0 amide bonds. The Bertz CT molecular complexity index is 1380. The summed E-state index contributed by atoms with van der Waals surface area (Å²) in [5.41, 5.74) is 3.62. The van der Waals surface area contributed by atoms with Crippen LogP contribution < -0.4 is 4.74 Å². The minimum absolute atomic E-state index is 0.213. The molecule has 0 spiro atoms. The number of hydrogen-bond acceptors (Lipinski definition) is 3. The number of aryl methyl sites for hydroxylation is 1. The third-order valence-electron chi connectivity index (χ3n) is 5.70. The maximum atomic E-state index is 13.9. The van der Waals surface area contributed by atoms with E-state index in [4.69, 9.17) is 9.84 Å². The number of aliphatic carboxylic acids is 1. The first-order valence-corrected chi connectivity index (χ1v) is 12.2. The highest BCUT2D eigenvalue weighted by Gasteiger charge is 2.19. The lowest BCUT2D eigenvalue weighted by atomic mass is 9.99. The maximum absolute atomic E-state index is 13.9. The molecule has 0 aliphatic rings. The number of carboxylic acid groups (broad SMARTS) is 1. The Morgan fingerprint density at radius 1 is 0.865 bits per heavy atom. The van der Waals surface area contributed by atoms with E-state index in [-0.39, 0.29) is 17.5 Å².